The fraction of sp³-hybridized carbons (Fsp3) is 0.562. The summed E-state index contributed by atoms with van der Waals surface area (Å²) in [6, 6.07) is 4.35. The Morgan fingerprint density at radius 1 is 0.913 bits per heavy atom. The minimum Gasteiger partial charge on any atom is -0.472 e. The summed E-state index contributed by atoms with van der Waals surface area (Å²) in [6.07, 6.45) is -0.683. The van der Waals surface area contributed by atoms with Crippen molar-refractivity contribution in [3.8, 4) is 0 Å². The van der Waals surface area contributed by atoms with Gasteiger partial charge in [-0.15, -0.1) is 0 Å². The van der Waals surface area contributed by atoms with E-state index < -0.39 is 89.0 Å². The van der Waals surface area contributed by atoms with E-state index >= 15 is 0 Å². The van der Waals surface area contributed by atoms with Gasteiger partial charge in [-0.1, -0.05) is 0 Å². The lowest BCUT2D eigenvalue weighted by atomic mass is 9.46. The first-order valence-electron chi connectivity index (χ1n) is 14.8. The van der Waals surface area contributed by atoms with E-state index in [-0.39, 0.29) is 24.0 Å². The van der Waals surface area contributed by atoms with Gasteiger partial charge in [-0.05, 0) is 51.8 Å². The first-order valence-corrected chi connectivity index (χ1v) is 14.8. The first kappa shape index (κ1) is 33.1. The fourth-order valence-corrected chi connectivity index (χ4v) is 7.72. The molecule has 248 valence electrons. The van der Waals surface area contributed by atoms with Gasteiger partial charge in [-0.2, -0.15) is 0 Å². The molecule has 1 saturated heterocycles. The summed E-state index contributed by atoms with van der Waals surface area (Å²) in [7, 11) is 0. The lowest BCUT2D eigenvalue weighted by Crippen LogP contribution is -2.83. The molecule has 8 atom stereocenters. The number of ether oxygens (including phenoxy) is 6. The molecular weight excluding hydrogens is 606 g/mol. The van der Waals surface area contributed by atoms with Crippen LogP contribution in [0.15, 0.2) is 47.5 Å². The number of fused-ring (bicyclic) bond motifs is 1. The van der Waals surface area contributed by atoms with Crippen molar-refractivity contribution < 1.29 is 61.9 Å². The predicted molar refractivity (Wildman–Crippen MR) is 153 cm³/mol. The molecule has 3 heterocycles. The number of furan rings is 1. The highest BCUT2D eigenvalue weighted by Gasteiger charge is 2.87. The molecule has 2 saturated carbocycles. The zero-order valence-corrected chi connectivity index (χ0v) is 26.3. The molecular formula is C32H37NO13. The molecule has 1 N–H and O–H groups in total. The molecule has 46 heavy (non-hydrogen) atoms. The third kappa shape index (κ3) is 5.22. The van der Waals surface area contributed by atoms with E-state index in [0.717, 1.165) is 13.2 Å². The second-order valence-electron chi connectivity index (χ2n) is 12.7. The van der Waals surface area contributed by atoms with Crippen LogP contribution in [0, 0.1) is 11.3 Å². The van der Waals surface area contributed by atoms with Crippen LogP contribution >= 0.6 is 0 Å². The Balaban J connectivity index is 1.84. The molecule has 0 amide bonds. The molecule has 3 fully saturated rings. The van der Waals surface area contributed by atoms with Crippen LogP contribution in [0.25, 0.3) is 0 Å². The van der Waals surface area contributed by atoms with Gasteiger partial charge in [0.25, 0.3) is 0 Å². The molecule has 8 unspecified atom stereocenters. The van der Waals surface area contributed by atoms with Crippen LogP contribution in [-0.4, -0.2) is 87.8 Å². The maximum atomic E-state index is 13.7. The molecule has 14 heteroatoms. The highest BCUT2D eigenvalue weighted by molar-refractivity contribution is 5.90. The van der Waals surface area contributed by atoms with Crippen LogP contribution in [0.5, 0.6) is 0 Å². The number of carbonyl (C=O) groups is 5. The van der Waals surface area contributed by atoms with Crippen molar-refractivity contribution >= 4 is 29.8 Å². The molecule has 14 nitrogen and oxygen atoms in total. The van der Waals surface area contributed by atoms with Crippen LogP contribution in [0.3, 0.4) is 0 Å². The second-order valence-corrected chi connectivity index (χ2v) is 12.7. The van der Waals surface area contributed by atoms with Crippen molar-refractivity contribution in [2.75, 3.05) is 6.61 Å². The van der Waals surface area contributed by atoms with Crippen molar-refractivity contribution in [2.24, 2.45) is 11.3 Å². The zero-order valence-electron chi connectivity index (χ0n) is 26.3. The average molecular weight is 644 g/mol. The number of nitrogens with zero attached hydrogens (tertiary/aromatic N) is 1. The van der Waals surface area contributed by atoms with E-state index in [0.29, 0.717) is 0 Å². The van der Waals surface area contributed by atoms with Crippen molar-refractivity contribution in [2.45, 2.75) is 95.6 Å². The lowest BCUT2D eigenvalue weighted by Gasteiger charge is -2.65. The van der Waals surface area contributed by atoms with Gasteiger partial charge >= 0.3 is 29.8 Å². The van der Waals surface area contributed by atoms with Gasteiger partial charge in [0.1, 0.15) is 36.6 Å². The van der Waals surface area contributed by atoms with Crippen LogP contribution in [0.1, 0.15) is 75.1 Å². The summed E-state index contributed by atoms with van der Waals surface area (Å²) in [4.78, 5) is 69.3. The van der Waals surface area contributed by atoms with Gasteiger partial charge in [0.05, 0.1) is 34.5 Å². The number of carbonyl (C=O) groups excluding carboxylic acids is 5. The highest BCUT2D eigenvalue weighted by Crippen LogP contribution is 2.69. The van der Waals surface area contributed by atoms with Crippen LogP contribution < -0.4 is 0 Å². The fourth-order valence-electron chi connectivity index (χ4n) is 7.72. The Bertz CT molecular complexity index is 1500. The maximum Gasteiger partial charge on any atom is 0.341 e. The van der Waals surface area contributed by atoms with Gasteiger partial charge in [-0.25, -0.2) is 9.59 Å². The normalized spacial score (nSPS) is 34.0. The van der Waals surface area contributed by atoms with Crippen LogP contribution in [-0.2, 0) is 42.8 Å². The molecule has 2 aromatic rings. The van der Waals surface area contributed by atoms with E-state index in [4.69, 9.17) is 32.8 Å². The number of hydrogen-bond acceptors (Lipinski definition) is 14. The molecule has 2 aromatic heterocycles. The Kier molecular flexibility index (Phi) is 8.49. The molecule has 2 aliphatic carbocycles. The zero-order chi connectivity index (χ0) is 33.7. The minimum atomic E-state index is -2.05. The topological polar surface area (TPSA) is 187 Å². The van der Waals surface area contributed by atoms with Gasteiger partial charge in [0.15, 0.2) is 11.7 Å². The Morgan fingerprint density at radius 2 is 1.61 bits per heavy atom. The quantitative estimate of drug-likeness (QED) is 0.327. The Hall–Kier alpha value is -4.30. The van der Waals surface area contributed by atoms with Crippen molar-refractivity contribution in [1.82, 2.24) is 4.98 Å². The molecule has 0 aromatic carbocycles. The van der Waals surface area contributed by atoms with E-state index in [2.05, 4.69) is 4.98 Å². The van der Waals surface area contributed by atoms with Crippen LogP contribution in [0.2, 0.25) is 0 Å². The molecule has 1 spiro atoms. The smallest absolute Gasteiger partial charge is 0.341 e. The van der Waals surface area contributed by atoms with E-state index in [1.807, 2.05) is 0 Å². The molecule has 0 radical (unpaired) electrons. The van der Waals surface area contributed by atoms with Gasteiger partial charge in [0, 0.05) is 33.2 Å². The number of aromatic nitrogens is 1. The standard InChI is InChI=1S/C32H37NO13/c1-17(34)41-16-31-22(42-18(2)35)9-11-30(6,39)32(31)25(43-19(3)36)23(29(4,5)46-32)24(44-27(37)20-8-7-12-33-14-20)26(31)45-28(38)21-10-13-40-15-21/h7-8,10,12-15,22-26,39H,9,11,16H2,1-6H3. The summed E-state index contributed by atoms with van der Waals surface area (Å²) < 4.78 is 41.8. The monoisotopic (exact) mass is 643 g/mol. The number of rotatable bonds is 8. The number of aliphatic hydroxyl groups is 1. The summed E-state index contributed by atoms with van der Waals surface area (Å²) in [5.41, 5.74) is -7.26. The summed E-state index contributed by atoms with van der Waals surface area (Å²) in [5, 5.41) is 12.4. The Labute approximate surface area is 264 Å². The summed E-state index contributed by atoms with van der Waals surface area (Å²) >= 11 is 0. The molecule has 1 aliphatic heterocycles. The molecule has 3 aliphatic rings. The average Bonchev–Trinajstić information content (AvgIpc) is 3.57. The number of esters is 5. The third-order valence-electron chi connectivity index (χ3n) is 9.32. The van der Waals surface area contributed by atoms with Gasteiger partial charge in [-0.3, -0.25) is 19.4 Å². The van der Waals surface area contributed by atoms with Crippen molar-refractivity contribution in [1.29, 1.82) is 0 Å². The highest BCUT2D eigenvalue weighted by atomic mass is 16.6. The van der Waals surface area contributed by atoms with Crippen molar-refractivity contribution in [3.63, 3.8) is 0 Å². The van der Waals surface area contributed by atoms with Gasteiger partial charge in [0.2, 0.25) is 0 Å². The van der Waals surface area contributed by atoms with Gasteiger partial charge < -0.3 is 37.9 Å². The number of pyridine rings is 1. The molecule has 2 bridgehead atoms. The summed E-state index contributed by atoms with van der Waals surface area (Å²) in [5.74, 6) is -5.12. The minimum absolute atomic E-state index is 0.00439. The number of hydrogen-bond donors (Lipinski definition) is 1. The lowest BCUT2D eigenvalue weighted by molar-refractivity contribution is -0.348. The second kappa shape index (κ2) is 11.8. The summed E-state index contributed by atoms with van der Waals surface area (Å²) in [6.45, 7) is 7.57. The Morgan fingerprint density at radius 3 is 2.20 bits per heavy atom. The largest absolute Gasteiger partial charge is 0.472 e. The van der Waals surface area contributed by atoms with E-state index in [1.54, 1.807) is 13.8 Å². The van der Waals surface area contributed by atoms with E-state index in [1.165, 1.54) is 57.6 Å². The SMILES string of the molecule is CC(=O)OCC12C(OC(C)=O)CCC(C)(O)C13OC(C)(C)C(C(OC(=O)c1cccnc1)C2OC(=O)c1ccoc1)C3OC(C)=O. The van der Waals surface area contributed by atoms with Crippen LogP contribution in [0.4, 0.5) is 0 Å². The third-order valence-corrected chi connectivity index (χ3v) is 9.32. The maximum absolute atomic E-state index is 13.7. The van der Waals surface area contributed by atoms with E-state index in [9.17, 15) is 29.1 Å². The first-order chi connectivity index (χ1) is 21.6. The molecule has 5 rings (SSSR count). The predicted octanol–water partition coefficient (Wildman–Crippen LogP) is 2.56. The van der Waals surface area contributed by atoms with Crippen molar-refractivity contribution in [3.05, 3.63) is 54.2 Å².